The van der Waals surface area contributed by atoms with Gasteiger partial charge in [-0.1, -0.05) is 18.0 Å². The molecule has 0 aromatic carbocycles. The van der Waals surface area contributed by atoms with Gasteiger partial charge in [-0.05, 0) is 25.2 Å². The number of hydrogen-bond acceptors (Lipinski definition) is 6. The zero-order valence-corrected chi connectivity index (χ0v) is 14.0. The molecule has 2 aliphatic rings. The predicted molar refractivity (Wildman–Crippen MR) is 83.6 cm³/mol. The molecule has 23 heavy (non-hydrogen) atoms. The zero-order chi connectivity index (χ0) is 16.2. The second-order valence-electron chi connectivity index (χ2n) is 6.65. The molecule has 3 atom stereocenters. The molecule has 3 unspecified atom stereocenters. The van der Waals surface area contributed by atoms with Crippen LogP contribution >= 0.6 is 0 Å². The van der Waals surface area contributed by atoms with E-state index in [1.54, 1.807) is 19.1 Å². The zero-order valence-electron chi connectivity index (χ0n) is 14.0. The fourth-order valence-electron chi connectivity index (χ4n) is 3.71. The molecule has 128 valence electrons. The first kappa shape index (κ1) is 16.4. The molecular formula is C16H26N4O3. The Balaban J connectivity index is 1.52. The number of aromatic nitrogens is 2. The Morgan fingerprint density at radius 3 is 3.04 bits per heavy atom. The van der Waals surface area contributed by atoms with Crippen LogP contribution in [0.25, 0.3) is 0 Å². The Morgan fingerprint density at radius 2 is 2.26 bits per heavy atom. The van der Waals surface area contributed by atoms with Crippen LogP contribution < -0.4 is 5.32 Å². The number of carbonyl (C=O) groups is 1. The molecule has 3 rings (SSSR count). The first-order chi connectivity index (χ1) is 11.2. The van der Waals surface area contributed by atoms with Crippen LogP contribution in [0.3, 0.4) is 0 Å². The van der Waals surface area contributed by atoms with Crippen molar-refractivity contribution in [1.29, 1.82) is 0 Å². The summed E-state index contributed by atoms with van der Waals surface area (Å²) in [5.74, 6) is 1.88. The van der Waals surface area contributed by atoms with Gasteiger partial charge in [0.05, 0.1) is 19.2 Å². The summed E-state index contributed by atoms with van der Waals surface area (Å²) in [7, 11) is 3.44. The van der Waals surface area contributed by atoms with E-state index in [2.05, 4.69) is 15.5 Å². The number of fused-ring (bicyclic) bond motifs is 1. The van der Waals surface area contributed by atoms with E-state index in [0.717, 1.165) is 6.42 Å². The lowest BCUT2D eigenvalue weighted by Crippen LogP contribution is -2.43. The third kappa shape index (κ3) is 3.90. The smallest absolute Gasteiger partial charge is 0.246 e. The summed E-state index contributed by atoms with van der Waals surface area (Å²) in [6.45, 7) is 0.912. The Morgan fingerprint density at radius 1 is 1.43 bits per heavy atom. The number of amides is 1. The van der Waals surface area contributed by atoms with Gasteiger partial charge in [0.2, 0.25) is 11.8 Å². The van der Waals surface area contributed by atoms with E-state index in [4.69, 9.17) is 9.26 Å². The number of likely N-dealkylation sites (N-methyl/N-ethyl adjacent to an activating group) is 1. The number of ether oxygens (including phenoxy) is 1. The molecule has 0 bridgehead atoms. The third-order valence-corrected chi connectivity index (χ3v) is 4.95. The molecule has 1 aliphatic carbocycles. The van der Waals surface area contributed by atoms with Crippen LogP contribution in [0.1, 0.15) is 43.8 Å². The van der Waals surface area contributed by atoms with E-state index >= 15 is 0 Å². The normalized spacial score (nSPS) is 27.0. The highest BCUT2D eigenvalue weighted by atomic mass is 16.5. The minimum Gasteiger partial charge on any atom is -0.384 e. The fraction of sp³-hybridized carbons (Fsp3) is 0.812. The summed E-state index contributed by atoms with van der Waals surface area (Å²) >= 11 is 0. The molecule has 1 aliphatic heterocycles. The molecular weight excluding hydrogens is 296 g/mol. The highest BCUT2D eigenvalue weighted by Crippen LogP contribution is 2.33. The number of methoxy groups -OCH3 is 1. The number of carbonyl (C=O) groups excluding carboxylic acids is 1. The van der Waals surface area contributed by atoms with E-state index in [1.807, 2.05) is 0 Å². The van der Waals surface area contributed by atoms with Crippen LogP contribution in [0.2, 0.25) is 0 Å². The minimum atomic E-state index is -0.0658. The molecule has 0 spiro atoms. The van der Waals surface area contributed by atoms with Gasteiger partial charge in [0, 0.05) is 26.6 Å². The van der Waals surface area contributed by atoms with E-state index in [1.165, 1.54) is 25.7 Å². The standard InChI is InChI=1S/C16H26N4O3/c1-20(10-15-18-14(19-23-15)7-8-22-2)16(21)13-9-11-5-3-4-6-12(11)17-13/h11-13,17H,3-10H2,1-2H3. The summed E-state index contributed by atoms with van der Waals surface area (Å²) in [6.07, 6.45) is 6.59. The van der Waals surface area contributed by atoms with Crippen molar-refractivity contribution in [2.45, 2.75) is 57.2 Å². The highest BCUT2D eigenvalue weighted by Gasteiger charge is 2.39. The third-order valence-electron chi connectivity index (χ3n) is 4.95. The minimum absolute atomic E-state index is 0.0658. The van der Waals surface area contributed by atoms with Crippen LogP contribution in [-0.4, -0.2) is 53.8 Å². The average molecular weight is 322 g/mol. The Hall–Kier alpha value is -1.47. The maximum atomic E-state index is 12.6. The molecule has 1 aromatic heterocycles. The number of rotatable bonds is 6. The molecule has 1 amide bonds. The van der Waals surface area contributed by atoms with Gasteiger partial charge < -0.3 is 19.5 Å². The van der Waals surface area contributed by atoms with Gasteiger partial charge in [-0.2, -0.15) is 4.98 Å². The van der Waals surface area contributed by atoms with Crippen molar-refractivity contribution in [2.75, 3.05) is 20.8 Å². The molecule has 2 heterocycles. The molecule has 7 heteroatoms. The predicted octanol–water partition coefficient (Wildman–Crippen LogP) is 1.14. The van der Waals surface area contributed by atoms with Gasteiger partial charge in [-0.25, -0.2) is 0 Å². The first-order valence-corrected chi connectivity index (χ1v) is 8.49. The Kier molecular flexibility index (Phi) is 5.27. The maximum absolute atomic E-state index is 12.6. The van der Waals surface area contributed by atoms with E-state index in [0.29, 0.717) is 43.2 Å². The molecule has 1 saturated carbocycles. The molecule has 1 N–H and O–H groups in total. The summed E-state index contributed by atoms with van der Waals surface area (Å²) < 4.78 is 10.2. The number of nitrogens with zero attached hydrogens (tertiary/aromatic N) is 3. The van der Waals surface area contributed by atoms with Gasteiger partial charge in [0.15, 0.2) is 5.82 Å². The number of hydrogen-bond donors (Lipinski definition) is 1. The summed E-state index contributed by atoms with van der Waals surface area (Å²) in [6, 6.07) is 0.458. The van der Waals surface area contributed by atoms with Gasteiger partial charge >= 0.3 is 0 Å². The van der Waals surface area contributed by atoms with Crippen LogP contribution in [0.5, 0.6) is 0 Å². The lowest BCUT2D eigenvalue weighted by atomic mass is 9.85. The van der Waals surface area contributed by atoms with Gasteiger partial charge in [-0.15, -0.1) is 0 Å². The fourth-order valence-corrected chi connectivity index (χ4v) is 3.71. The topological polar surface area (TPSA) is 80.5 Å². The quantitative estimate of drug-likeness (QED) is 0.846. The summed E-state index contributed by atoms with van der Waals surface area (Å²) in [4.78, 5) is 18.6. The monoisotopic (exact) mass is 322 g/mol. The highest BCUT2D eigenvalue weighted by molar-refractivity contribution is 5.82. The molecule has 0 radical (unpaired) electrons. The lowest BCUT2D eigenvalue weighted by Gasteiger charge is -2.24. The van der Waals surface area contributed by atoms with Crippen LogP contribution in [0.4, 0.5) is 0 Å². The lowest BCUT2D eigenvalue weighted by molar-refractivity contribution is -0.132. The SMILES string of the molecule is COCCc1noc(CN(C)C(=O)C2CC3CCCCC3N2)n1. The van der Waals surface area contributed by atoms with Gasteiger partial charge in [0.25, 0.3) is 0 Å². The van der Waals surface area contributed by atoms with E-state index < -0.39 is 0 Å². The summed E-state index contributed by atoms with van der Waals surface area (Å²) in [5.41, 5.74) is 0. The summed E-state index contributed by atoms with van der Waals surface area (Å²) in [5, 5.41) is 7.42. The van der Waals surface area contributed by atoms with Crippen LogP contribution in [0.15, 0.2) is 4.52 Å². The average Bonchev–Trinajstić information content (AvgIpc) is 3.18. The number of nitrogens with one attached hydrogen (secondary N) is 1. The second-order valence-corrected chi connectivity index (χ2v) is 6.65. The largest absolute Gasteiger partial charge is 0.384 e. The van der Waals surface area contributed by atoms with Crippen molar-refractivity contribution in [3.8, 4) is 0 Å². The van der Waals surface area contributed by atoms with Crippen LogP contribution in [-0.2, 0) is 22.5 Å². The van der Waals surface area contributed by atoms with Crippen LogP contribution in [0, 0.1) is 5.92 Å². The molecule has 1 saturated heterocycles. The van der Waals surface area contributed by atoms with Gasteiger partial charge in [-0.3, -0.25) is 4.79 Å². The molecule has 2 fully saturated rings. The molecule has 1 aromatic rings. The van der Waals surface area contributed by atoms with Crippen molar-refractivity contribution < 1.29 is 14.1 Å². The van der Waals surface area contributed by atoms with Crippen molar-refractivity contribution in [3.05, 3.63) is 11.7 Å². The second kappa shape index (κ2) is 7.40. The van der Waals surface area contributed by atoms with Gasteiger partial charge in [0.1, 0.15) is 0 Å². The Labute approximate surface area is 136 Å². The first-order valence-electron chi connectivity index (χ1n) is 8.49. The maximum Gasteiger partial charge on any atom is 0.246 e. The van der Waals surface area contributed by atoms with Crippen molar-refractivity contribution in [3.63, 3.8) is 0 Å². The molecule has 7 nitrogen and oxygen atoms in total. The van der Waals surface area contributed by atoms with Crippen molar-refractivity contribution in [2.24, 2.45) is 5.92 Å². The van der Waals surface area contributed by atoms with E-state index in [-0.39, 0.29) is 11.9 Å². The van der Waals surface area contributed by atoms with Crippen molar-refractivity contribution >= 4 is 5.91 Å². The van der Waals surface area contributed by atoms with Crippen molar-refractivity contribution in [1.82, 2.24) is 20.4 Å². The van der Waals surface area contributed by atoms with E-state index in [9.17, 15) is 4.79 Å². The Bertz CT molecular complexity index is 519.